The Morgan fingerprint density at radius 3 is 2.43 bits per heavy atom. The average Bonchev–Trinajstić information content (AvgIpc) is 3.12. The first kappa shape index (κ1) is 14.7. The molecule has 1 heterocycles. The lowest BCUT2D eigenvalue weighted by molar-refractivity contribution is 0.611. The second-order valence-corrected chi connectivity index (χ2v) is 4.96. The van der Waals surface area contributed by atoms with Crippen molar-refractivity contribution in [3.63, 3.8) is 0 Å². The van der Waals surface area contributed by atoms with E-state index >= 15 is 0 Å². The minimum atomic E-state index is -0.262. The zero-order valence-corrected chi connectivity index (χ0v) is 12.2. The van der Waals surface area contributed by atoms with Crippen LogP contribution in [0.25, 0.3) is 6.08 Å². The van der Waals surface area contributed by atoms with Crippen molar-refractivity contribution in [2.75, 3.05) is 0 Å². The van der Waals surface area contributed by atoms with Crippen molar-refractivity contribution in [1.82, 2.24) is 14.8 Å². The summed E-state index contributed by atoms with van der Waals surface area (Å²) in [4.78, 5) is 3.98. The molecule has 23 heavy (non-hydrogen) atoms. The van der Waals surface area contributed by atoms with E-state index < -0.39 is 0 Å². The molecule has 0 saturated carbocycles. The molecule has 2 aromatic carbocycles. The molecule has 4 nitrogen and oxygen atoms in total. The molecule has 0 bridgehead atoms. The van der Waals surface area contributed by atoms with E-state index in [1.807, 2.05) is 24.3 Å². The van der Waals surface area contributed by atoms with Crippen LogP contribution in [0.2, 0.25) is 0 Å². The molecular weight excluding hydrogens is 291 g/mol. The van der Waals surface area contributed by atoms with Gasteiger partial charge in [0, 0.05) is 0 Å². The molecule has 0 aliphatic rings. The summed E-state index contributed by atoms with van der Waals surface area (Å²) in [5.41, 5.74) is 2.48. The van der Waals surface area contributed by atoms with E-state index in [0.29, 0.717) is 5.56 Å². The highest BCUT2D eigenvalue weighted by molar-refractivity contribution is 5.51. The summed E-state index contributed by atoms with van der Waals surface area (Å²) in [5.74, 6) is -0.262. The van der Waals surface area contributed by atoms with Gasteiger partial charge in [0.1, 0.15) is 18.5 Å². The summed E-state index contributed by atoms with van der Waals surface area (Å²) >= 11 is 0. The first-order valence-corrected chi connectivity index (χ1v) is 7.04. The number of nitriles is 1. The normalized spacial score (nSPS) is 12.2. The summed E-state index contributed by atoms with van der Waals surface area (Å²) in [6.45, 7) is 0. The van der Waals surface area contributed by atoms with Crippen molar-refractivity contribution in [3.8, 4) is 6.07 Å². The molecule has 1 unspecified atom stereocenters. The van der Waals surface area contributed by atoms with Gasteiger partial charge in [-0.3, -0.25) is 0 Å². The summed E-state index contributed by atoms with van der Waals surface area (Å²) < 4.78 is 14.7. The lowest BCUT2D eigenvalue weighted by atomic mass is 10.0. The highest BCUT2D eigenvalue weighted by Crippen LogP contribution is 2.20. The molecule has 0 aliphatic carbocycles. The molecule has 0 N–H and O–H groups in total. The number of aromatic nitrogens is 3. The van der Waals surface area contributed by atoms with Gasteiger partial charge >= 0.3 is 0 Å². The molecule has 3 rings (SSSR count). The van der Waals surface area contributed by atoms with Gasteiger partial charge in [0.2, 0.25) is 0 Å². The zero-order valence-electron chi connectivity index (χ0n) is 12.2. The lowest BCUT2D eigenvalue weighted by Gasteiger charge is -2.13. The van der Waals surface area contributed by atoms with Crippen molar-refractivity contribution < 1.29 is 4.39 Å². The Morgan fingerprint density at radius 2 is 1.83 bits per heavy atom. The van der Waals surface area contributed by atoms with Crippen LogP contribution in [-0.2, 0) is 0 Å². The number of rotatable bonds is 4. The van der Waals surface area contributed by atoms with Crippen LogP contribution in [0.1, 0.15) is 22.7 Å². The molecule has 0 fully saturated rings. The Kier molecular flexibility index (Phi) is 4.25. The lowest BCUT2D eigenvalue weighted by Crippen LogP contribution is -2.08. The van der Waals surface area contributed by atoms with E-state index in [2.05, 4.69) is 16.2 Å². The molecule has 0 radical (unpaired) electrons. The third-order valence-corrected chi connectivity index (χ3v) is 3.44. The highest BCUT2D eigenvalue weighted by Gasteiger charge is 2.11. The fourth-order valence-electron chi connectivity index (χ4n) is 2.24. The van der Waals surface area contributed by atoms with Gasteiger partial charge < -0.3 is 0 Å². The van der Waals surface area contributed by atoms with E-state index in [1.165, 1.54) is 18.5 Å². The quantitative estimate of drug-likeness (QED) is 0.740. The number of hydrogen-bond donors (Lipinski definition) is 0. The zero-order chi connectivity index (χ0) is 16.1. The number of allylic oxidation sites excluding steroid dienone is 1. The number of nitrogens with zero attached hydrogens (tertiary/aromatic N) is 4. The maximum Gasteiger partial charge on any atom is 0.137 e. The summed E-state index contributed by atoms with van der Waals surface area (Å²) in [6.07, 6.45) is 6.98. The van der Waals surface area contributed by atoms with Gasteiger partial charge in [0.25, 0.3) is 0 Å². The Morgan fingerprint density at radius 1 is 1.09 bits per heavy atom. The van der Waals surface area contributed by atoms with Gasteiger partial charge in [-0.15, -0.1) is 0 Å². The summed E-state index contributed by atoms with van der Waals surface area (Å²) in [5, 5.41) is 13.1. The SMILES string of the molecule is N#Cc1ccc(C(C=Cc2ccc(F)cc2)n2cncn2)cc1. The fourth-order valence-corrected chi connectivity index (χ4v) is 2.24. The van der Waals surface area contributed by atoms with Crippen molar-refractivity contribution in [2.45, 2.75) is 6.04 Å². The largest absolute Gasteiger partial charge is 0.242 e. The molecule has 1 aromatic heterocycles. The minimum Gasteiger partial charge on any atom is -0.242 e. The number of hydrogen-bond acceptors (Lipinski definition) is 3. The third-order valence-electron chi connectivity index (χ3n) is 3.44. The molecule has 1 atom stereocenters. The molecule has 112 valence electrons. The molecule has 0 amide bonds. The van der Waals surface area contributed by atoms with Crippen LogP contribution in [0.3, 0.4) is 0 Å². The smallest absolute Gasteiger partial charge is 0.137 e. The van der Waals surface area contributed by atoms with Gasteiger partial charge in [-0.1, -0.05) is 36.4 Å². The number of benzene rings is 2. The van der Waals surface area contributed by atoms with Crippen molar-refractivity contribution in [1.29, 1.82) is 5.26 Å². The molecule has 3 aromatic rings. The second-order valence-electron chi connectivity index (χ2n) is 4.96. The van der Waals surface area contributed by atoms with Gasteiger partial charge in [-0.05, 0) is 35.4 Å². The Balaban J connectivity index is 1.92. The van der Waals surface area contributed by atoms with Crippen LogP contribution < -0.4 is 0 Å². The third kappa shape index (κ3) is 3.50. The first-order valence-electron chi connectivity index (χ1n) is 7.04. The standard InChI is InChI=1S/C18H13FN4/c19-17-8-3-14(4-9-17)5-10-18(23-13-21-12-22-23)16-6-1-15(11-20)2-7-16/h1-10,12-13,18H. The van der Waals surface area contributed by atoms with Crippen molar-refractivity contribution in [3.05, 3.63) is 89.8 Å². The van der Waals surface area contributed by atoms with E-state index in [-0.39, 0.29) is 11.9 Å². The predicted molar refractivity (Wildman–Crippen MR) is 84.8 cm³/mol. The maximum atomic E-state index is 13.0. The molecule has 5 heteroatoms. The predicted octanol–water partition coefficient (Wildman–Crippen LogP) is 3.59. The van der Waals surface area contributed by atoms with E-state index in [1.54, 1.807) is 35.3 Å². The van der Waals surface area contributed by atoms with Crippen LogP contribution in [0.15, 0.2) is 67.3 Å². The van der Waals surface area contributed by atoms with Crippen LogP contribution in [0.4, 0.5) is 4.39 Å². The van der Waals surface area contributed by atoms with Crippen LogP contribution in [0.5, 0.6) is 0 Å². The van der Waals surface area contributed by atoms with Crippen molar-refractivity contribution in [2.24, 2.45) is 0 Å². The molecule has 0 aliphatic heterocycles. The Labute approximate surface area is 133 Å². The second kappa shape index (κ2) is 6.67. The minimum absolute atomic E-state index is 0.157. The van der Waals surface area contributed by atoms with E-state index in [0.717, 1.165) is 11.1 Å². The van der Waals surface area contributed by atoms with Gasteiger partial charge in [-0.25, -0.2) is 14.1 Å². The molecule has 0 saturated heterocycles. The first-order chi connectivity index (χ1) is 11.3. The number of halogens is 1. The monoisotopic (exact) mass is 304 g/mol. The van der Waals surface area contributed by atoms with Crippen LogP contribution in [0, 0.1) is 17.1 Å². The fraction of sp³-hybridized carbons (Fsp3) is 0.0556. The Bertz CT molecular complexity index is 828. The van der Waals surface area contributed by atoms with Crippen molar-refractivity contribution >= 4 is 6.08 Å². The van der Waals surface area contributed by atoms with Gasteiger partial charge in [-0.2, -0.15) is 10.4 Å². The summed E-state index contributed by atoms with van der Waals surface area (Å²) in [7, 11) is 0. The maximum absolute atomic E-state index is 13.0. The van der Waals surface area contributed by atoms with Crippen LogP contribution >= 0.6 is 0 Å². The Hall–Kier alpha value is -3.26. The summed E-state index contributed by atoms with van der Waals surface area (Å²) in [6, 6.07) is 15.5. The van der Waals surface area contributed by atoms with Gasteiger partial charge in [0.15, 0.2) is 0 Å². The van der Waals surface area contributed by atoms with Crippen LogP contribution in [-0.4, -0.2) is 14.8 Å². The molecular formula is C18H13FN4. The highest BCUT2D eigenvalue weighted by atomic mass is 19.1. The molecule has 0 spiro atoms. The van der Waals surface area contributed by atoms with Gasteiger partial charge in [0.05, 0.1) is 17.7 Å². The average molecular weight is 304 g/mol. The van der Waals surface area contributed by atoms with E-state index in [9.17, 15) is 4.39 Å². The topological polar surface area (TPSA) is 54.5 Å². The van der Waals surface area contributed by atoms with E-state index in [4.69, 9.17) is 5.26 Å².